The molecule has 0 saturated carbocycles. The number of fused-ring (bicyclic) bond motifs is 1. The van der Waals surface area contributed by atoms with E-state index in [-0.39, 0.29) is 0 Å². The van der Waals surface area contributed by atoms with Crippen molar-refractivity contribution in [2.75, 3.05) is 0 Å². The molecule has 0 atom stereocenters. The van der Waals surface area contributed by atoms with Gasteiger partial charge >= 0.3 is 0 Å². The third kappa shape index (κ3) is 1.68. The minimum absolute atomic E-state index is 0.720. The Morgan fingerprint density at radius 3 is 2.94 bits per heavy atom. The smallest absolute Gasteiger partial charge is 0.156 e. The van der Waals surface area contributed by atoms with Crippen molar-refractivity contribution in [1.82, 2.24) is 14.4 Å². The van der Waals surface area contributed by atoms with Gasteiger partial charge in [-0.15, -0.1) is 0 Å². The molecule has 1 aromatic carbocycles. The van der Waals surface area contributed by atoms with Gasteiger partial charge in [-0.3, -0.25) is 4.98 Å². The Labute approximate surface area is 104 Å². The summed E-state index contributed by atoms with van der Waals surface area (Å²) in [6.45, 7) is 2.04. The number of rotatable bonds is 1. The van der Waals surface area contributed by atoms with E-state index in [9.17, 15) is 0 Å². The predicted molar refractivity (Wildman–Crippen MR) is 68.2 cm³/mol. The first-order chi connectivity index (χ1) is 8.25. The van der Waals surface area contributed by atoms with Crippen LogP contribution in [0.4, 0.5) is 0 Å². The van der Waals surface area contributed by atoms with Crippen LogP contribution in [0.1, 0.15) is 5.69 Å². The number of hydrogen-bond acceptors (Lipinski definition) is 2. The summed E-state index contributed by atoms with van der Waals surface area (Å²) in [6.07, 6.45) is 5.41. The summed E-state index contributed by atoms with van der Waals surface area (Å²) < 4.78 is 2.02. The van der Waals surface area contributed by atoms with E-state index in [1.54, 1.807) is 12.4 Å². The number of imidazole rings is 1. The summed E-state index contributed by atoms with van der Waals surface area (Å²) in [5, 5.41) is 0.720. The van der Waals surface area contributed by atoms with Crippen molar-refractivity contribution in [2.24, 2.45) is 0 Å². The molecular weight excluding hydrogens is 234 g/mol. The zero-order chi connectivity index (χ0) is 11.8. The summed E-state index contributed by atoms with van der Waals surface area (Å²) in [6, 6.07) is 7.72. The normalized spacial score (nSPS) is 10.9. The summed E-state index contributed by atoms with van der Waals surface area (Å²) >= 11 is 6.00. The van der Waals surface area contributed by atoms with Gasteiger partial charge < -0.3 is 4.40 Å². The fourth-order valence-corrected chi connectivity index (χ4v) is 2.13. The molecule has 84 valence electrons. The second-order valence-electron chi connectivity index (χ2n) is 3.86. The van der Waals surface area contributed by atoms with Gasteiger partial charge in [0.15, 0.2) is 5.65 Å². The van der Waals surface area contributed by atoms with E-state index in [4.69, 9.17) is 11.6 Å². The van der Waals surface area contributed by atoms with Crippen molar-refractivity contribution in [3.05, 3.63) is 53.6 Å². The lowest BCUT2D eigenvalue weighted by atomic mass is 10.1. The molecule has 0 aliphatic heterocycles. The summed E-state index contributed by atoms with van der Waals surface area (Å²) in [5.41, 5.74) is 3.91. The molecule has 4 heteroatoms. The van der Waals surface area contributed by atoms with Crippen molar-refractivity contribution in [3.8, 4) is 11.3 Å². The molecule has 0 spiro atoms. The van der Waals surface area contributed by atoms with Gasteiger partial charge in [-0.2, -0.15) is 0 Å². The van der Waals surface area contributed by atoms with Crippen LogP contribution in [-0.2, 0) is 0 Å². The fraction of sp³-hybridized carbons (Fsp3) is 0.0769. The van der Waals surface area contributed by atoms with Gasteiger partial charge in [0.25, 0.3) is 0 Å². The van der Waals surface area contributed by atoms with E-state index >= 15 is 0 Å². The Hall–Kier alpha value is -1.87. The van der Waals surface area contributed by atoms with Crippen LogP contribution in [0, 0.1) is 6.92 Å². The lowest BCUT2D eigenvalue weighted by Crippen LogP contribution is -1.87. The first kappa shape index (κ1) is 10.3. The zero-order valence-corrected chi connectivity index (χ0v) is 10.0. The van der Waals surface area contributed by atoms with E-state index in [0.717, 1.165) is 27.6 Å². The van der Waals surface area contributed by atoms with Crippen molar-refractivity contribution in [2.45, 2.75) is 6.92 Å². The van der Waals surface area contributed by atoms with Gasteiger partial charge in [-0.25, -0.2) is 4.98 Å². The van der Waals surface area contributed by atoms with Crippen LogP contribution in [0.15, 0.2) is 42.9 Å². The molecule has 0 fully saturated rings. The molecule has 17 heavy (non-hydrogen) atoms. The number of benzene rings is 1. The van der Waals surface area contributed by atoms with Crippen LogP contribution in [0.5, 0.6) is 0 Å². The Morgan fingerprint density at radius 1 is 1.29 bits per heavy atom. The standard InChI is InChI=1S/C13H10ClN3/c1-9-13(10-3-2-4-11(14)7-10)16-12-8-15-5-6-17(9)12/h2-8H,1H3. The highest BCUT2D eigenvalue weighted by Gasteiger charge is 2.09. The van der Waals surface area contributed by atoms with Crippen LogP contribution in [0.25, 0.3) is 16.9 Å². The molecule has 0 aliphatic rings. The Kier molecular flexibility index (Phi) is 2.34. The SMILES string of the molecule is Cc1c(-c2cccc(Cl)c2)nc2cnccn12. The first-order valence-electron chi connectivity index (χ1n) is 5.30. The largest absolute Gasteiger partial charge is 0.301 e. The Bertz CT molecular complexity index is 688. The quantitative estimate of drug-likeness (QED) is 0.656. The summed E-state index contributed by atoms with van der Waals surface area (Å²) in [4.78, 5) is 8.63. The number of halogens is 1. The molecule has 0 bridgehead atoms. The lowest BCUT2D eigenvalue weighted by Gasteiger charge is -1.99. The van der Waals surface area contributed by atoms with Gasteiger partial charge in [-0.05, 0) is 19.1 Å². The van der Waals surface area contributed by atoms with Crippen molar-refractivity contribution in [1.29, 1.82) is 0 Å². The molecule has 0 N–H and O–H groups in total. The lowest BCUT2D eigenvalue weighted by molar-refractivity contribution is 1.08. The predicted octanol–water partition coefficient (Wildman–Crippen LogP) is 3.36. The molecule has 2 heterocycles. The first-order valence-corrected chi connectivity index (χ1v) is 5.68. The van der Waals surface area contributed by atoms with Crippen molar-refractivity contribution >= 4 is 17.2 Å². The van der Waals surface area contributed by atoms with E-state index in [2.05, 4.69) is 9.97 Å². The molecular formula is C13H10ClN3. The minimum atomic E-state index is 0.720. The third-order valence-corrected chi connectivity index (χ3v) is 3.00. The molecule has 0 unspecified atom stereocenters. The van der Waals surface area contributed by atoms with Crippen LogP contribution in [0.3, 0.4) is 0 Å². The summed E-state index contributed by atoms with van der Waals surface area (Å²) in [7, 11) is 0. The minimum Gasteiger partial charge on any atom is -0.301 e. The highest BCUT2D eigenvalue weighted by Crippen LogP contribution is 2.25. The highest BCUT2D eigenvalue weighted by molar-refractivity contribution is 6.30. The van der Waals surface area contributed by atoms with E-state index in [1.807, 2.05) is 41.8 Å². The van der Waals surface area contributed by atoms with Crippen molar-refractivity contribution in [3.63, 3.8) is 0 Å². The molecule has 0 radical (unpaired) electrons. The van der Waals surface area contributed by atoms with E-state index < -0.39 is 0 Å². The molecule has 2 aromatic heterocycles. The molecule has 3 rings (SSSR count). The maximum Gasteiger partial charge on any atom is 0.156 e. The van der Waals surface area contributed by atoms with Gasteiger partial charge in [-0.1, -0.05) is 23.7 Å². The molecule has 0 saturated heterocycles. The molecule has 0 amide bonds. The van der Waals surface area contributed by atoms with Crippen LogP contribution < -0.4 is 0 Å². The number of hydrogen-bond donors (Lipinski definition) is 0. The van der Waals surface area contributed by atoms with Gasteiger partial charge in [0, 0.05) is 28.7 Å². The van der Waals surface area contributed by atoms with Gasteiger partial charge in [0.05, 0.1) is 11.9 Å². The maximum absolute atomic E-state index is 6.00. The molecule has 3 nitrogen and oxygen atoms in total. The average molecular weight is 244 g/mol. The number of nitrogens with zero attached hydrogens (tertiary/aromatic N) is 3. The average Bonchev–Trinajstić information content (AvgIpc) is 2.68. The second kappa shape index (κ2) is 3.86. The summed E-state index contributed by atoms with van der Waals surface area (Å²) in [5.74, 6) is 0. The van der Waals surface area contributed by atoms with Crippen LogP contribution in [0.2, 0.25) is 5.02 Å². The monoisotopic (exact) mass is 243 g/mol. The number of aromatic nitrogens is 3. The zero-order valence-electron chi connectivity index (χ0n) is 9.26. The van der Waals surface area contributed by atoms with Gasteiger partial charge in [0.1, 0.15) is 0 Å². The third-order valence-electron chi connectivity index (χ3n) is 2.77. The second-order valence-corrected chi connectivity index (χ2v) is 4.30. The Morgan fingerprint density at radius 2 is 2.18 bits per heavy atom. The molecule has 3 aromatic rings. The van der Waals surface area contributed by atoms with Crippen LogP contribution >= 0.6 is 11.6 Å². The van der Waals surface area contributed by atoms with E-state index in [0.29, 0.717) is 0 Å². The van der Waals surface area contributed by atoms with Gasteiger partial charge in [0.2, 0.25) is 0 Å². The number of aryl methyl sites for hydroxylation is 1. The van der Waals surface area contributed by atoms with Crippen LogP contribution in [-0.4, -0.2) is 14.4 Å². The van der Waals surface area contributed by atoms with Crippen molar-refractivity contribution < 1.29 is 0 Å². The van der Waals surface area contributed by atoms with E-state index in [1.165, 1.54) is 0 Å². The molecule has 0 aliphatic carbocycles. The maximum atomic E-state index is 6.00. The highest BCUT2D eigenvalue weighted by atomic mass is 35.5. The fourth-order valence-electron chi connectivity index (χ4n) is 1.94. The Balaban J connectivity index is 2.27. The topological polar surface area (TPSA) is 30.2 Å².